The minimum absolute atomic E-state index is 0.124. The van der Waals surface area contributed by atoms with Crippen molar-refractivity contribution >= 4 is 0 Å². The summed E-state index contributed by atoms with van der Waals surface area (Å²) >= 11 is 0. The molecule has 0 aromatic carbocycles. The van der Waals surface area contributed by atoms with Gasteiger partial charge in [-0.2, -0.15) is 0 Å². The number of rotatable bonds is 5. The first-order valence-electron chi connectivity index (χ1n) is 7.21. The molecule has 0 aliphatic carbocycles. The van der Waals surface area contributed by atoms with Gasteiger partial charge in [0.25, 0.3) is 0 Å². The Kier molecular flexibility index (Phi) is 4.93. The predicted molar refractivity (Wildman–Crippen MR) is 73.1 cm³/mol. The first-order valence-corrected chi connectivity index (χ1v) is 7.21. The van der Waals surface area contributed by atoms with E-state index in [-0.39, 0.29) is 11.6 Å². The monoisotopic (exact) mass is 267 g/mol. The molecule has 1 saturated heterocycles. The van der Waals surface area contributed by atoms with Gasteiger partial charge in [0.2, 0.25) is 11.8 Å². The minimum atomic E-state index is 0.124. The molecule has 0 saturated carbocycles. The maximum atomic E-state index is 5.68. The lowest BCUT2D eigenvalue weighted by Crippen LogP contribution is -2.37. The second-order valence-electron chi connectivity index (χ2n) is 6.21. The third-order valence-electron chi connectivity index (χ3n) is 3.18. The van der Waals surface area contributed by atoms with Gasteiger partial charge in [-0.15, -0.1) is 10.2 Å². The molecule has 108 valence electrons. The van der Waals surface area contributed by atoms with Crippen molar-refractivity contribution in [3.05, 3.63) is 11.8 Å². The highest BCUT2D eigenvalue weighted by Crippen LogP contribution is 2.16. The fourth-order valence-electron chi connectivity index (χ4n) is 2.18. The van der Waals surface area contributed by atoms with E-state index in [1.54, 1.807) is 0 Å². The summed E-state index contributed by atoms with van der Waals surface area (Å²) in [4.78, 5) is 0. The predicted octanol–water partition coefficient (Wildman–Crippen LogP) is 2.11. The van der Waals surface area contributed by atoms with Gasteiger partial charge in [-0.1, -0.05) is 0 Å². The Labute approximate surface area is 115 Å². The zero-order valence-corrected chi connectivity index (χ0v) is 12.2. The zero-order chi connectivity index (χ0) is 13.7. The molecule has 1 aromatic heterocycles. The third-order valence-corrected chi connectivity index (χ3v) is 3.18. The molecule has 1 aliphatic rings. The standard InChI is InChI=1S/C14H25N3O2/c1-14(2,3)15-8-7-12-16-17-13(19-12)10-11-6-4-5-9-18-11/h11,15H,4-10H2,1-3H3. The number of nitrogens with one attached hydrogen (secondary N) is 1. The summed E-state index contributed by atoms with van der Waals surface area (Å²) in [7, 11) is 0. The first-order chi connectivity index (χ1) is 9.03. The molecule has 5 nitrogen and oxygen atoms in total. The minimum Gasteiger partial charge on any atom is -0.425 e. The Morgan fingerprint density at radius 2 is 2.00 bits per heavy atom. The Morgan fingerprint density at radius 3 is 2.68 bits per heavy atom. The summed E-state index contributed by atoms with van der Waals surface area (Å²) in [5, 5.41) is 11.6. The molecule has 0 spiro atoms. The highest BCUT2D eigenvalue weighted by molar-refractivity contribution is 4.86. The molecule has 19 heavy (non-hydrogen) atoms. The molecule has 1 N–H and O–H groups in total. The summed E-state index contributed by atoms with van der Waals surface area (Å²) in [6, 6.07) is 0. The fraction of sp³-hybridized carbons (Fsp3) is 0.857. The summed E-state index contributed by atoms with van der Waals surface area (Å²) in [5.41, 5.74) is 0.124. The number of hydrogen-bond acceptors (Lipinski definition) is 5. The van der Waals surface area contributed by atoms with Crippen LogP contribution in [0, 0.1) is 0 Å². The van der Waals surface area contributed by atoms with Crippen LogP contribution >= 0.6 is 0 Å². The summed E-state index contributed by atoms with van der Waals surface area (Å²) in [6.07, 6.45) is 5.29. The van der Waals surface area contributed by atoms with Gasteiger partial charge in [0.05, 0.1) is 12.5 Å². The summed E-state index contributed by atoms with van der Waals surface area (Å²) < 4.78 is 11.3. The van der Waals surface area contributed by atoms with Crippen LogP contribution in [0.4, 0.5) is 0 Å². The molecule has 0 bridgehead atoms. The van der Waals surface area contributed by atoms with Gasteiger partial charge in [-0.25, -0.2) is 0 Å². The van der Waals surface area contributed by atoms with Gasteiger partial charge >= 0.3 is 0 Å². The Balaban J connectivity index is 1.75. The second-order valence-corrected chi connectivity index (χ2v) is 6.21. The Bertz CT molecular complexity index is 378. The highest BCUT2D eigenvalue weighted by atomic mass is 16.5. The second kappa shape index (κ2) is 6.48. The van der Waals surface area contributed by atoms with E-state index < -0.39 is 0 Å². The molecule has 0 amide bonds. The molecule has 0 radical (unpaired) electrons. The van der Waals surface area contributed by atoms with E-state index in [1.807, 2.05) is 0 Å². The normalized spacial score (nSPS) is 20.7. The summed E-state index contributed by atoms with van der Waals surface area (Å²) in [6.45, 7) is 8.15. The average molecular weight is 267 g/mol. The lowest BCUT2D eigenvalue weighted by Gasteiger charge is -2.20. The summed E-state index contributed by atoms with van der Waals surface area (Å²) in [5.74, 6) is 1.42. The van der Waals surface area contributed by atoms with E-state index in [4.69, 9.17) is 9.15 Å². The van der Waals surface area contributed by atoms with Crippen molar-refractivity contribution in [3.63, 3.8) is 0 Å². The molecular weight excluding hydrogens is 242 g/mol. The Hall–Kier alpha value is -0.940. The molecule has 2 rings (SSSR count). The molecule has 5 heteroatoms. The average Bonchev–Trinajstić information content (AvgIpc) is 2.76. The molecule has 1 aromatic rings. The maximum absolute atomic E-state index is 5.68. The van der Waals surface area contributed by atoms with E-state index in [0.717, 1.165) is 32.4 Å². The topological polar surface area (TPSA) is 60.2 Å². The molecule has 1 unspecified atom stereocenters. The van der Waals surface area contributed by atoms with E-state index in [0.29, 0.717) is 11.8 Å². The molecule has 1 fully saturated rings. The van der Waals surface area contributed by atoms with E-state index in [9.17, 15) is 0 Å². The van der Waals surface area contributed by atoms with Crippen molar-refractivity contribution in [2.24, 2.45) is 0 Å². The van der Waals surface area contributed by atoms with Crippen LogP contribution in [-0.2, 0) is 17.6 Å². The van der Waals surface area contributed by atoms with Crippen molar-refractivity contribution in [3.8, 4) is 0 Å². The van der Waals surface area contributed by atoms with Gasteiger partial charge in [-0.3, -0.25) is 0 Å². The van der Waals surface area contributed by atoms with Crippen LogP contribution in [0.2, 0.25) is 0 Å². The van der Waals surface area contributed by atoms with Gasteiger partial charge in [0.1, 0.15) is 0 Å². The van der Waals surface area contributed by atoms with Gasteiger partial charge in [0.15, 0.2) is 0 Å². The first kappa shape index (κ1) is 14.5. The van der Waals surface area contributed by atoms with Crippen molar-refractivity contribution < 1.29 is 9.15 Å². The van der Waals surface area contributed by atoms with E-state index >= 15 is 0 Å². The number of aromatic nitrogens is 2. The zero-order valence-electron chi connectivity index (χ0n) is 12.2. The van der Waals surface area contributed by atoms with Crippen molar-refractivity contribution in [2.45, 2.75) is 64.5 Å². The fourth-order valence-corrected chi connectivity index (χ4v) is 2.18. The van der Waals surface area contributed by atoms with E-state index in [2.05, 4.69) is 36.3 Å². The van der Waals surface area contributed by atoms with Crippen molar-refractivity contribution in [1.82, 2.24) is 15.5 Å². The molecule has 2 heterocycles. The smallest absolute Gasteiger partial charge is 0.219 e. The number of hydrogen-bond donors (Lipinski definition) is 1. The molecule has 1 atom stereocenters. The van der Waals surface area contributed by atoms with Gasteiger partial charge in [-0.05, 0) is 40.0 Å². The van der Waals surface area contributed by atoms with Crippen LogP contribution < -0.4 is 5.32 Å². The van der Waals surface area contributed by atoms with Crippen LogP contribution in [0.1, 0.15) is 51.8 Å². The third kappa shape index (κ3) is 5.28. The van der Waals surface area contributed by atoms with E-state index in [1.165, 1.54) is 12.8 Å². The maximum Gasteiger partial charge on any atom is 0.219 e. The number of ether oxygens (including phenoxy) is 1. The van der Waals surface area contributed by atoms with Gasteiger partial charge in [0, 0.05) is 25.1 Å². The van der Waals surface area contributed by atoms with Gasteiger partial charge < -0.3 is 14.5 Å². The van der Waals surface area contributed by atoms with Crippen LogP contribution in [0.15, 0.2) is 4.42 Å². The van der Waals surface area contributed by atoms with Crippen LogP contribution in [-0.4, -0.2) is 35.0 Å². The van der Waals surface area contributed by atoms with Crippen LogP contribution in [0.3, 0.4) is 0 Å². The van der Waals surface area contributed by atoms with Crippen molar-refractivity contribution in [2.75, 3.05) is 13.2 Å². The molecule has 1 aliphatic heterocycles. The van der Waals surface area contributed by atoms with Crippen molar-refractivity contribution in [1.29, 1.82) is 0 Å². The quantitative estimate of drug-likeness (QED) is 0.885. The Morgan fingerprint density at radius 1 is 1.21 bits per heavy atom. The van der Waals surface area contributed by atoms with Crippen LogP contribution in [0.5, 0.6) is 0 Å². The lowest BCUT2D eigenvalue weighted by atomic mass is 10.1. The highest BCUT2D eigenvalue weighted by Gasteiger charge is 2.18. The van der Waals surface area contributed by atoms with Crippen LogP contribution in [0.25, 0.3) is 0 Å². The molecular formula is C14H25N3O2. The number of nitrogens with zero attached hydrogens (tertiary/aromatic N) is 2. The lowest BCUT2D eigenvalue weighted by molar-refractivity contribution is 0.0130. The largest absolute Gasteiger partial charge is 0.425 e. The SMILES string of the molecule is CC(C)(C)NCCc1nnc(CC2CCCCO2)o1.